The average molecular weight is 288 g/mol. The smallest absolute Gasteiger partial charge is 0.254 e. The lowest BCUT2D eigenvalue weighted by Gasteiger charge is -2.31. The van der Waals surface area contributed by atoms with E-state index in [1.807, 2.05) is 32.2 Å². The quantitative estimate of drug-likeness (QED) is 0.885. The summed E-state index contributed by atoms with van der Waals surface area (Å²) < 4.78 is 0. The van der Waals surface area contributed by atoms with E-state index in [0.29, 0.717) is 12.0 Å². The molecular formula is C18H28N2O. The van der Waals surface area contributed by atoms with Gasteiger partial charge in [-0.1, -0.05) is 26.7 Å². The first-order valence-corrected chi connectivity index (χ1v) is 8.12. The van der Waals surface area contributed by atoms with Crippen molar-refractivity contribution >= 4 is 11.6 Å². The first-order valence-electron chi connectivity index (χ1n) is 8.12. The van der Waals surface area contributed by atoms with Gasteiger partial charge < -0.3 is 10.2 Å². The van der Waals surface area contributed by atoms with Crippen LogP contribution in [0.25, 0.3) is 0 Å². The number of hydrogen-bond acceptors (Lipinski definition) is 2. The molecule has 1 fully saturated rings. The van der Waals surface area contributed by atoms with Gasteiger partial charge >= 0.3 is 0 Å². The van der Waals surface area contributed by atoms with Crippen LogP contribution >= 0.6 is 0 Å². The van der Waals surface area contributed by atoms with Gasteiger partial charge in [0.15, 0.2) is 0 Å². The first kappa shape index (κ1) is 15.9. The van der Waals surface area contributed by atoms with Gasteiger partial charge in [0.05, 0.1) is 0 Å². The van der Waals surface area contributed by atoms with Gasteiger partial charge in [0.1, 0.15) is 0 Å². The van der Waals surface area contributed by atoms with Gasteiger partial charge in [-0.05, 0) is 49.4 Å². The van der Waals surface area contributed by atoms with Crippen molar-refractivity contribution in [3.8, 4) is 0 Å². The highest BCUT2D eigenvalue weighted by atomic mass is 16.2. The zero-order valence-electron chi connectivity index (χ0n) is 13.8. The Labute approximate surface area is 128 Å². The summed E-state index contributed by atoms with van der Waals surface area (Å²) in [6.45, 7) is 7.27. The van der Waals surface area contributed by atoms with Crippen LogP contribution in [-0.4, -0.2) is 30.4 Å². The molecule has 0 atom stereocenters. The zero-order chi connectivity index (χ0) is 15.4. The van der Waals surface area contributed by atoms with Gasteiger partial charge in [0.2, 0.25) is 0 Å². The minimum absolute atomic E-state index is 0.196. The molecule has 116 valence electrons. The van der Waals surface area contributed by atoms with E-state index >= 15 is 0 Å². The molecule has 3 nitrogen and oxygen atoms in total. The molecule has 0 saturated heterocycles. The number of rotatable bonds is 5. The van der Waals surface area contributed by atoms with Crippen molar-refractivity contribution in [2.24, 2.45) is 5.92 Å². The Morgan fingerprint density at radius 3 is 2.52 bits per heavy atom. The van der Waals surface area contributed by atoms with E-state index in [0.717, 1.165) is 36.2 Å². The molecule has 1 aliphatic carbocycles. The summed E-state index contributed by atoms with van der Waals surface area (Å²) in [4.78, 5) is 15.0. The molecule has 0 radical (unpaired) electrons. The average Bonchev–Trinajstić information content (AvgIpc) is 2.97. The molecule has 0 bridgehead atoms. The lowest BCUT2D eigenvalue weighted by atomic mass is 10.1. The Hall–Kier alpha value is -1.51. The monoisotopic (exact) mass is 288 g/mol. The molecule has 1 aliphatic rings. The number of benzene rings is 1. The third-order valence-corrected chi connectivity index (χ3v) is 4.33. The number of nitrogens with zero attached hydrogens (tertiary/aromatic N) is 1. The van der Waals surface area contributed by atoms with Crippen LogP contribution < -0.4 is 5.32 Å². The molecule has 1 aromatic carbocycles. The van der Waals surface area contributed by atoms with E-state index < -0.39 is 0 Å². The van der Waals surface area contributed by atoms with Crippen molar-refractivity contribution in [2.45, 2.75) is 52.5 Å². The van der Waals surface area contributed by atoms with Gasteiger partial charge in [-0.15, -0.1) is 0 Å². The molecule has 21 heavy (non-hydrogen) atoms. The van der Waals surface area contributed by atoms with Crippen molar-refractivity contribution in [1.29, 1.82) is 0 Å². The van der Waals surface area contributed by atoms with Crippen LogP contribution in [0.15, 0.2) is 18.2 Å². The van der Waals surface area contributed by atoms with Gasteiger partial charge in [-0.25, -0.2) is 0 Å². The molecule has 2 rings (SSSR count). The number of hydrogen-bond donors (Lipinski definition) is 1. The molecule has 0 heterocycles. The van der Waals surface area contributed by atoms with E-state index in [1.165, 1.54) is 12.8 Å². The predicted molar refractivity (Wildman–Crippen MR) is 88.9 cm³/mol. The number of amides is 1. The Kier molecular flexibility index (Phi) is 5.27. The lowest BCUT2D eigenvalue weighted by Crippen LogP contribution is -2.41. The van der Waals surface area contributed by atoms with Crippen LogP contribution in [0.5, 0.6) is 0 Å². The summed E-state index contributed by atoms with van der Waals surface area (Å²) >= 11 is 0. The van der Waals surface area contributed by atoms with Crippen LogP contribution in [-0.2, 0) is 0 Å². The Morgan fingerprint density at radius 2 is 2.00 bits per heavy atom. The van der Waals surface area contributed by atoms with Crippen LogP contribution in [0.3, 0.4) is 0 Å². The van der Waals surface area contributed by atoms with Gasteiger partial charge in [-0.3, -0.25) is 4.79 Å². The van der Waals surface area contributed by atoms with Crippen LogP contribution in [0.2, 0.25) is 0 Å². The molecule has 0 aliphatic heterocycles. The highest BCUT2D eigenvalue weighted by Gasteiger charge is 2.28. The molecule has 1 amide bonds. The number of carbonyl (C=O) groups excluding carboxylic acids is 1. The minimum atomic E-state index is 0.196. The SMILES string of the molecule is CNc1ccc(C(=O)N(CC(C)C)C2CCCC2)cc1C. The Bertz CT molecular complexity index is 490. The Balaban J connectivity index is 2.22. The molecule has 1 aromatic rings. The lowest BCUT2D eigenvalue weighted by molar-refractivity contribution is 0.0655. The topological polar surface area (TPSA) is 32.3 Å². The maximum Gasteiger partial charge on any atom is 0.254 e. The van der Waals surface area contributed by atoms with Gasteiger partial charge in [0.25, 0.3) is 5.91 Å². The van der Waals surface area contributed by atoms with Gasteiger partial charge in [-0.2, -0.15) is 0 Å². The van der Waals surface area contributed by atoms with Crippen LogP contribution in [0.1, 0.15) is 55.5 Å². The predicted octanol–water partition coefficient (Wildman–Crippen LogP) is 4.08. The van der Waals surface area contributed by atoms with E-state index in [1.54, 1.807) is 0 Å². The van der Waals surface area contributed by atoms with E-state index in [-0.39, 0.29) is 5.91 Å². The fraction of sp³-hybridized carbons (Fsp3) is 0.611. The summed E-state index contributed by atoms with van der Waals surface area (Å²) in [6.07, 6.45) is 4.83. The fourth-order valence-electron chi connectivity index (χ4n) is 3.25. The summed E-state index contributed by atoms with van der Waals surface area (Å²) in [5, 5.41) is 3.15. The number of nitrogens with one attached hydrogen (secondary N) is 1. The molecule has 0 aromatic heterocycles. The molecule has 0 unspecified atom stereocenters. The fourth-order valence-corrected chi connectivity index (χ4v) is 3.25. The van der Waals surface area contributed by atoms with E-state index in [4.69, 9.17) is 0 Å². The molecule has 1 N–H and O–H groups in total. The summed E-state index contributed by atoms with van der Waals surface area (Å²) in [6, 6.07) is 6.40. The summed E-state index contributed by atoms with van der Waals surface area (Å²) in [5.74, 6) is 0.702. The number of carbonyl (C=O) groups is 1. The first-order chi connectivity index (χ1) is 10.0. The van der Waals surface area contributed by atoms with Crippen LogP contribution in [0.4, 0.5) is 5.69 Å². The molecule has 0 spiro atoms. The second-order valence-electron chi connectivity index (χ2n) is 6.57. The number of aryl methyl sites for hydroxylation is 1. The number of anilines is 1. The third-order valence-electron chi connectivity index (χ3n) is 4.33. The van der Waals surface area contributed by atoms with Crippen molar-refractivity contribution in [2.75, 3.05) is 18.9 Å². The summed E-state index contributed by atoms with van der Waals surface area (Å²) in [5.41, 5.74) is 3.03. The highest BCUT2D eigenvalue weighted by molar-refractivity contribution is 5.95. The molecule has 3 heteroatoms. The van der Waals surface area contributed by atoms with Crippen molar-refractivity contribution in [3.05, 3.63) is 29.3 Å². The minimum Gasteiger partial charge on any atom is -0.388 e. The van der Waals surface area contributed by atoms with Crippen LogP contribution in [0, 0.1) is 12.8 Å². The van der Waals surface area contributed by atoms with E-state index in [9.17, 15) is 4.79 Å². The largest absolute Gasteiger partial charge is 0.388 e. The maximum atomic E-state index is 12.9. The van der Waals surface area contributed by atoms with E-state index in [2.05, 4.69) is 24.1 Å². The van der Waals surface area contributed by atoms with Crippen molar-refractivity contribution in [3.63, 3.8) is 0 Å². The second-order valence-corrected chi connectivity index (χ2v) is 6.57. The van der Waals surface area contributed by atoms with Crippen molar-refractivity contribution in [1.82, 2.24) is 4.90 Å². The molecule has 1 saturated carbocycles. The standard InChI is InChI=1S/C18H28N2O/c1-13(2)12-20(16-7-5-6-8-16)18(21)15-9-10-17(19-4)14(3)11-15/h9-11,13,16,19H,5-8,12H2,1-4H3. The Morgan fingerprint density at radius 1 is 1.33 bits per heavy atom. The normalized spacial score (nSPS) is 15.5. The second kappa shape index (κ2) is 6.97. The molecular weight excluding hydrogens is 260 g/mol. The maximum absolute atomic E-state index is 12.9. The summed E-state index contributed by atoms with van der Waals surface area (Å²) in [7, 11) is 1.91. The third kappa shape index (κ3) is 3.78. The zero-order valence-corrected chi connectivity index (χ0v) is 13.8. The van der Waals surface area contributed by atoms with Crippen molar-refractivity contribution < 1.29 is 4.79 Å². The van der Waals surface area contributed by atoms with Gasteiger partial charge in [0, 0.05) is 30.9 Å². The highest BCUT2D eigenvalue weighted by Crippen LogP contribution is 2.26.